The maximum Gasteiger partial charge on any atom is 0.245 e. The van der Waals surface area contributed by atoms with Gasteiger partial charge >= 0.3 is 0 Å². The predicted octanol–water partition coefficient (Wildman–Crippen LogP) is 1.38. The molecular weight excluding hydrogens is 254 g/mol. The summed E-state index contributed by atoms with van der Waals surface area (Å²) in [6.45, 7) is 0. The highest BCUT2D eigenvalue weighted by Crippen LogP contribution is 2.34. The molecule has 0 saturated heterocycles. The van der Waals surface area contributed by atoms with E-state index in [0.29, 0.717) is 0 Å². The highest BCUT2D eigenvalue weighted by atomic mass is 16.3. The number of carbonyl (C=O) groups is 1. The third-order valence-corrected chi connectivity index (χ3v) is 4.51. The zero-order chi connectivity index (χ0) is 14.3. The van der Waals surface area contributed by atoms with Crippen LogP contribution in [0.4, 0.5) is 11.4 Å². The first-order valence-electron chi connectivity index (χ1n) is 7.19. The van der Waals surface area contributed by atoms with Gasteiger partial charge in [-0.3, -0.25) is 4.79 Å². The second-order valence-corrected chi connectivity index (χ2v) is 5.77. The first-order valence-corrected chi connectivity index (χ1v) is 7.19. The Morgan fingerprint density at radius 2 is 2.10 bits per heavy atom. The second kappa shape index (κ2) is 5.07. The van der Waals surface area contributed by atoms with E-state index < -0.39 is 6.04 Å². The molecule has 5 nitrogen and oxygen atoms in total. The lowest BCUT2D eigenvalue weighted by molar-refractivity contribution is -0.116. The molecule has 3 unspecified atom stereocenters. The van der Waals surface area contributed by atoms with Crippen molar-refractivity contribution in [2.45, 2.75) is 43.9 Å². The zero-order valence-corrected chi connectivity index (χ0v) is 11.7. The summed E-state index contributed by atoms with van der Waals surface area (Å²) in [7, 11) is 2.00. The lowest BCUT2D eigenvalue weighted by Crippen LogP contribution is -2.43. The van der Waals surface area contributed by atoms with Crippen molar-refractivity contribution < 1.29 is 9.90 Å². The van der Waals surface area contributed by atoms with Crippen LogP contribution in [0.25, 0.3) is 0 Å². The third-order valence-electron chi connectivity index (χ3n) is 4.51. The van der Waals surface area contributed by atoms with E-state index in [1.54, 1.807) is 0 Å². The summed E-state index contributed by atoms with van der Waals surface area (Å²) >= 11 is 0. The summed E-state index contributed by atoms with van der Waals surface area (Å²) < 4.78 is 0. The minimum absolute atomic E-state index is 0.146. The van der Waals surface area contributed by atoms with Crippen molar-refractivity contribution in [1.82, 2.24) is 0 Å². The Labute approximate surface area is 118 Å². The third kappa shape index (κ3) is 2.17. The molecule has 1 aliphatic heterocycles. The average Bonchev–Trinajstić information content (AvgIpc) is 2.73. The molecule has 1 fully saturated rings. The molecule has 5 heteroatoms. The van der Waals surface area contributed by atoms with Crippen molar-refractivity contribution in [3.8, 4) is 0 Å². The highest BCUT2D eigenvalue weighted by molar-refractivity contribution is 6.02. The van der Waals surface area contributed by atoms with Gasteiger partial charge in [0.1, 0.15) is 6.04 Å². The number of carbonyl (C=O) groups excluding carboxylic acids is 1. The maximum absolute atomic E-state index is 11.6. The van der Waals surface area contributed by atoms with Crippen molar-refractivity contribution >= 4 is 17.3 Å². The Kier molecular flexibility index (Phi) is 3.40. The number of amides is 1. The molecule has 20 heavy (non-hydrogen) atoms. The van der Waals surface area contributed by atoms with Crippen LogP contribution in [0.2, 0.25) is 0 Å². The molecule has 1 heterocycles. The summed E-state index contributed by atoms with van der Waals surface area (Å²) in [5, 5.41) is 13.0. The van der Waals surface area contributed by atoms with Crippen LogP contribution >= 0.6 is 0 Å². The monoisotopic (exact) mass is 275 g/mol. The van der Waals surface area contributed by atoms with Gasteiger partial charge in [0.15, 0.2) is 0 Å². The van der Waals surface area contributed by atoms with E-state index in [1.807, 2.05) is 25.2 Å². The fourth-order valence-corrected chi connectivity index (χ4v) is 3.23. The Hall–Kier alpha value is -1.59. The number of hydrogen-bond acceptors (Lipinski definition) is 4. The molecule has 1 saturated carbocycles. The standard InChI is InChI=1S/C15H21N3O2/c1-18(12-4-2-3-5-13(12)19)9-6-7-10-11(8-9)17-15(20)14(10)16/h6-8,12-14,19H,2-5,16H2,1H3,(H,17,20). The predicted molar refractivity (Wildman–Crippen MR) is 78.7 cm³/mol. The second-order valence-electron chi connectivity index (χ2n) is 5.77. The van der Waals surface area contributed by atoms with Crippen LogP contribution in [0.3, 0.4) is 0 Å². The summed E-state index contributed by atoms with van der Waals surface area (Å²) in [4.78, 5) is 13.7. The van der Waals surface area contributed by atoms with E-state index in [-0.39, 0.29) is 18.1 Å². The number of nitrogens with one attached hydrogen (secondary N) is 1. The quantitative estimate of drug-likeness (QED) is 0.762. The average molecular weight is 275 g/mol. The minimum atomic E-state index is -0.565. The van der Waals surface area contributed by atoms with Gasteiger partial charge in [-0.25, -0.2) is 0 Å². The van der Waals surface area contributed by atoms with Gasteiger partial charge in [-0.15, -0.1) is 0 Å². The van der Waals surface area contributed by atoms with Crippen molar-refractivity contribution in [3.63, 3.8) is 0 Å². The number of likely N-dealkylation sites (N-methyl/N-ethyl adjacent to an activating group) is 1. The molecule has 0 spiro atoms. The van der Waals surface area contributed by atoms with Crippen molar-refractivity contribution in [1.29, 1.82) is 0 Å². The molecule has 1 aromatic carbocycles. The van der Waals surface area contributed by atoms with Crippen molar-refractivity contribution in [2.24, 2.45) is 5.73 Å². The van der Waals surface area contributed by atoms with Crippen LogP contribution < -0.4 is 16.0 Å². The van der Waals surface area contributed by atoms with Gasteiger partial charge in [0, 0.05) is 24.0 Å². The van der Waals surface area contributed by atoms with E-state index in [9.17, 15) is 9.90 Å². The number of nitrogens with zero attached hydrogens (tertiary/aromatic N) is 1. The maximum atomic E-state index is 11.6. The van der Waals surface area contributed by atoms with Crippen LogP contribution in [0, 0.1) is 0 Å². The lowest BCUT2D eigenvalue weighted by Gasteiger charge is -2.36. The molecule has 1 amide bonds. The smallest absolute Gasteiger partial charge is 0.245 e. The number of aliphatic hydroxyl groups excluding tert-OH is 1. The molecule has 4 N–H and O–H groups in total. The lowest BCUT2D eigenvalue weighted by atomic mass is 9.91. The van der Waals surface area contributed by atoms with Crippen molar-refractivity contribution in [2.75, 3.05) is 17.3 Å². The molecule has 1 aliphatic carbocycles. The topological polar surface area (TPSA) is 78.6 Å². The van der Waals surface area contributed by atoms with Gasteiger partial charge in [-0.2, -0.15) is 0 Å². The molecular formula is C15H21N3O2. The summed E-state index contributed by atoms with van der Waals surface area (Å²) in [6.07, 6.45) is 3.83. The molecule has 0 bridgehead atoms. The normalized spacial score (nSPS) is 28.9. The molecule has 0 aromatic heterocycles. The van der Waals surface area contributed by atoms with E-state index in [0.717, 1.165) is 42.6 Å². The first kappa shape index (κ1) is 13.4. The number of aliphatic hydroxyl groups is 1. The Morgan fingerprint density at radius 3 is 2.85 bits per heavy atom. The number of anilines is 2. The highest BCUT2D eigenvalue weighted by Gasteiger charge is 2.30. The molecule has 3 atom stereocenters. The van der Waals surface area contributed by atoms with Crippen LogP contribution in [0.15, 0.2) is 18.2 Å². The van der Waals surface area contributed by atoms with E-state index in [2.05, 4.69) is 10.2 Å². The molecule has 0 radical (unpaired) electrons. The number of hydrogen-bond donors (Lipinski definition) is 3. The molecule has 108 valence electrons. The van der Waals surface area contributed by atoms with Gasteiger partial charge in [0.25, 0.3) is 0 Å². The summed E-state index contributed by atoms with van der Waals surface area (Å²) in [5.41, 5.74) is 8.45. The van der Waals surface area contributed by atoms with Gasteiger partial charge in [0.05, 0.1) is 12.1 Å². The summed E-state index contributed by atoms with van der Waals surface area (Å²) in [6, 6.07) is 5.40. The molecule has 3 rings (SSSR count). The van der Waals surface area contributed by atoms with Crippen LogP contribution in [0.5, 0.6) is 0 Å². The largest absolute Gasteiger partial charge is 0.391 e. The van der Waals surface area contributed by atoms with E-state index in [1.165, 1.54) is 0 Å². The van der Waals surface area contributed by atoms with Gasteiger partial charge < -0.3 is 21.1 Å². The van der Waals surface area contributed by atoms with Crippen LogP contribution in [-0.2, 0) is 4.79 Å². The first-order chi connectivity index (χ1) is 9.58. The van der Waals surface area contributed by atoms with Crippen LogP contribution in [-0.4, -0.2) is 30.2 Å². The SMILES string of the molecule is CN(c1ccc2c(c1)NC(=O)C2N)C1CCCCC1O. The van der Waals surface area contributed by atoms with E-state index >= 15 is 0 Å². The fourth-order valence-electron chi connectivity index (χ4n) is 3.23. The number of benzene rings is 1. The Morgan fingerprint density at radius 1 is 1.35 bits per heavy atom. The molecule has 2 aliphatic rings. The zero-order valence-electron chi connectivity index (χ0n) is 11.7. The number of nitrogens with two attached hydrogens (primary N) is 1. The minimum Gasteiger partial charge on any atom is -0.391 e. The van der Waals surface area contributed by atoms with Gasteiger partial charge in [-0.05, 0) is 25.0 Å². The van der Waals surface area contributed by atoms with Gasteiger partial charge in [-0.1, -0.05) is 18.9 Å². The fraction of sp³-hybridized carbons (Fsp3) is 0.533. The van der Waals surface area contributed by atoms with Crippen molar-refractivity contribution in [3.05, 3.63) is 23.8 Å². The Balaban J connectivity index is 1.84. The van der Waals surface area contributed by atoms with Crippen LogP contribution in [0.1, 0.15) is 37.3 Å². The number of fused-ring (bicyclic) bond motifs is 1. The number of rotatable bonds is 2. The summed E-state index contributed by atoms with van der Waals surface area (Å²) in [5.74, 6) is -0.155. The Bertz CT molecular complexity index is 532. The van der Waals surface area contributed by atoms with E-state index in [4.69, 9.17) is 5.73 Å². The van der Waals surface area contributed by atoms with Gasteiger partial charge in [0.2, 0.25) is 5.91 Å². The molecule has 1 aromatic rings.